The van der Waals surface area contributed by atoms with Crippen molar-refractivity contribution in [2.75, 3.05) is 7.11 Å². The molecular weight excluding hydrogens is 270 g/mol. The number of amides is 1. The van der Waals surface area contributed by atoms with E-state index in [1.807, 2.05) is 30.3 Å². The van der Waals surface area contributed by atoms with Gasteiger partial charge in [0.15, 0.2) is 0 Å². The normalized spacial score (nSPS) is 21.9. The Morgan fingerprint density at radius 3 is 2.52 bits per heavy atom. The first-order valence-electron chi connectivity index (χ1n) is 6.90. The molecule has 0 bridgehead atoms. The van der Waals surface area contributed by atoms with E-state index in [1.165, 1.54) is 7.11 Å². The van der Waals surface area contributed by atoms with Crippen LogP contribution < -0.4 is 16.2 Å². The van der Waals surface area contributed by atoms with Crippen LogP contribution in [-0.2, 0) is 14.3 Å². The molecule has 2 rings (SSSR count). The fourth-order valence-corrected chi connectivity index (χ4v) is 2.33. The smallest absolute Gasteiger partial charge is 0.330 e. The minimum Gasteiger partial charge on any atom is -0.467 e. The third-order valence-electron chi connectivity index (χ3n) is 3.55. The first-order valence-corrected chi connectivity index (χ1v) is 6.90. The number of rotatable bonds is 4. The van der Waals surface area contributed by atoms with Crippen molar-refractivity contribution in [1.82, 2.24) is 16.2 Å². The van der Waals surface area contributed by atoms with Gasteiger partial charge in [-0.1, -0.05) is 30.3 Å². The lowest BCUT2D eigenvalue weighted by atomic mass is 10.0. The number of ether oxygens (including phenoxy) is 1. The first kappa shape index (κ1) is 15.5. The van der Waals surface area contributed by atoms with E-state index in [9.17, 15) is 9.59 Å². The lowest BCUT2D eigenvalue weighted by molar-refractivity contribution is -0.149. The zero-order chi connectivity index (χ0) is 15.5. The fraction of sp³-hybridized carbons (Fsp3) is 0.467. The van der Waals surface area contributed by atoms with Crippen molar-refractivity contribution in [1.29, 1.82) is 0 Å². The van der Waals surface area contributed by atoms with Gasteiger partial charge in [0.2, 0.25) is 5.91 Å². The highest BCUT2D eigenvalue weighted by atomic mass is 16.5. The summed E-state index contributed by atoms with van der Waals surface area (Å²) in [5.41, 5.74) is 6.15. The Hall–Kier alpha value is -1.92. The Kier molecular flexibility index (Phi) is 4.59. The average molecular weight is 291 g/mol. The molecule has 1 aliphatic heterocycles. The molecule has 1 aliphatic rings. The van der Waals surface area contributed by atoms with Gasteiger partial charge in [0.25, 0.3) is 0 Å². The maximum atomic E-state index is 12.2. The molecule has 0 saturated carbocycles. The Morgan fingerprint density at radius 2 is 1.90 bits per heavy atom. The van der Waals surface area contributed by atoms with Gasteiger partial charge in [-0.15, -0.1) is 0 Å². The SMILES string of the molecule is COC(=O)C(C)(C)NC(=O)C1CC(c2ccccc2)NN1. The molecule has 6 nitrogen and oxygen atoms in total. The summed E-state index contributed by atoms with van der Waals surface area (Å²) in [5.74, 6) is -0.697. The van der Waals surface area contributed by atoms with Crippen LogP contribution in [0.3, 0.4) is 0 Å². The molecule has 1 aromatic carbocycles. The van der Waals surface area contributed by atoms with Crippen LogP contribution in [0.5, 0.6) is 0 Å². The van der Waals surface area contributed by atoms with Crippen molar-refractivity contribution in [3.63, 3.8) is 0 Å². The molecule has 6 heteroatoms. The van der Waals surface area contributed by atoms with E-state index in [0.717, 1.165) is 5.56 Å². The van der Waals surface area contributed by atoms with Gasteiger partial charge in [-0.05, 0) is 25.8 Å². The van der Waals surface area contributed by atoms with E-state index < -0.39 is 11.5 Å². The number of nitrogens with one attached hydrogen (secondary N) is 3. The number of carbonyl (C=O) groups is 2. The molecule has 0 radical (unpaired) electrons. The van der Waals surface area contributed by atoms with Crippen molar-refractivity contribution in [2.24, 2.45) is 0 Å². The standard InChI is InChI=1S/C15H21N3O3/c1-15(2,14(20)21-3)16-13(19)12-9-11(17-18-12)10-7-5-4-6-8-10/h4-8,11-12,17-18H,9H2,1-3H3,(H,16,19). The fourth-order valence-electron chi connectivity index (χ4n) is 2.33. The van der Waals surface area contributed by atoms with Gasteiger partial charge in [-0.3, -0.25) is 4.79 Å². The maximum Gasteiger partial charge on any atom is 0.330 e. The van der Waals surface area contributed by atoms with Crippen LogP contribution in [0.25, 0.3) is 0 Å². The summed E-state index contributed by atoms with van der Waals surface area (Å²) in [6.07, 6.45) is 0.618. The third-order valence-corrected chi connectivity index (χ3v) is 3.55. The molecule has 1 heterocycles. The Labute approximate surface area is 124 Å². The van der Waals surface area contributed by atoms with Gasteiger partial charge in [0, 0.05) is 6.04 Å². The van der Waals surface area contributed by atoms with Crippen molar-refractivity contribution >= 4 is 11.9 Å². The van der Waals surface area contributed by atoms with Crippen LogP contribution in [0.4, 0.5) is 0 Å². The number of methoxy groups -OCH3 is 1. The summed E-state index contributed by atoms with van der Waals surface area (Å²) < 4.78 is 4.68. The molecule has 2 unspecified atom stereocenters. The van der Waals surface area contributed by atoms with E-state index >= 15 is 0 Å². The number of hydrogen-bond donors (Lipinski definition) is 3. The summed E-state index contributed by atoms with van der Waals surface area (Å²) in [6.45, 7) is 3.24. The van der Waals surface area contributed by atoms with Crippen molar-refractivity contribution < 1.29 is 14.3 Å². The zero-order valence-corrected chi connectivity index (χ0v) is 12.5. The molecule has 114 valence electrons. The summed E-state index contributed by atoms with van der Waals surface area (Å²) in [6, 6.07) is 9.59. The minimum absolute atomic E-state index is 0.0724. The monoisotopic (exact) mass is 291 g/mol. The van der Waals surface area contributed by atoms with E-state index in [2.05, 4.69) is 20.9 Å². The molecule has 0 aliphatic carbocycles. The quantitative estimate of drug-likeness (QED) is 0.710. The highest BCUT2D eigenvalue weighted by Crippen LogP contribution is 2.22. The number of benzene rings is 1. The molecule has 3 N–H and O–H groups in total. The molecule has 2 atom stereocenters. The predicted octanol–water partition coefficient (Wildman–Crippen LogP) is 0.662. The van der Waals surface area contributed by atoms with Crippen LogP contribution in [0.15, 0.2) is 30.3 Å². The summed E-state index contributed by atoms with van der Waals surface area (Å²) in [4.78, 5) is 23.8. The van der Waals surface area contributed by atoms with Crippen molar-refractivity contribution in [2.45, 2.75) is 37.9 Å². The number of hydrogen-bond acceptors (Lipinski definition) is 5. The average Bonchev–Trinajstić information content (AvgIpc) is 2.96. The maximum absolute atomic E-state index is 12.2. The van der Waals surface area contributed by atoms with E-state index in [0.29, 0.717) is 6.42 Å². The highest BCUT2D eigenvalue weighted by Gasteiger charge is 2.36. The van der Waals surface area contributed by atoms with Crippen LogP contribution in [0.1, 0.15) is 31.9 Å². The summed E-state index contributed by atoms with van der Waals surface area (Å²) in [5, 5.41) is 2.70. The molecule has 1 aromatic rings. The van der Waals surface area contributed by atoms with Crippen LogP contribution >= 0.6 is 0 Å². The van der Waals surface area contributed by atoms with Crippen LogP contribution in [0.2, 0.25) is 0 Å². The second-order valence-electron chi connectivity index (χ2n) is 5.65. The van der Waals surface area contributed by atoms with Gasteiger partial charge < -0.3 is 10.1 Å². The van der Waals surface area contributed by atoms with Crippen LogP contribution in [0, 0.1) is 0 Å². The minimum atomic E-state index is -1.04. The second-order valence-corrected chi connectivity index (χ2v) is 5.65. The van der Waals surface area contributed by atoms with Gasteiger partial charge in [-0.25, -0.2) is 15.6 Å². The highest BCUT2D eigenvalue weighted by molar-refractivity contribution is 5.89. The van der Waals surface area contributed by atoms with Crippen LogP contribution in [-0.4, -0.2) is 30.6 Å². The molecule has 1 fully saturated rings. The largest absolute Gasteiger partial charge is 0.467 e. The summed E-state index contributed by atoms with van der Waals surface area (Å²) in [7, 11) is 1.30. The molecule has 0 spiro atoms. The molecule has 1 saturated heterocycles. The third kappa shape index (κ3) is 3.59. The number of hydrazine groups is 1. The first-order chi connectivity index (χ1) is 9.94. The topological polar surface area (TPSA) is 79.5 Å². The van der Waals surface area contributed by atoms with Crippen molar-refractivity contribution in [3.8, 4) is 0 Å². The lowest BCUT2D eigenvalue weighted by Gasteiger charge is -2.24. The Bertz CT molecular complexity index is 516. The summed E-state index contributed by atoms with van der Waals surface area (Å²) >= 11 is 0. The van der Waals surface area contributed by atoms with Crippen molar-refractivity contribution in [3.05, 3.63) is 35.9 Å². The van der Waals surface area contributed by atoms with Gasteiger partial charge >= 0.3 is 5.97 Å². The van der Waals surface area contributed by atoms with Gasteiger partial charge in [0.05, 0.1) is 7.11 Å². The Morgan fingerprint density at radius 1 is 1.24 bits per heavy atom. The van der Waals surface area contributed by atoms with Gasteiger partial charge in [0.1, 0.15) is 11.6 Å². The van der Waals surface area contributed by atoms with E-state index in [1.54, 1.807) is 13.8 Å². The number of carbonyl (C=O) groups excluding carboxylic acids is 2. The van der Waals surface area contributed by atoms with E-state index in [4.69, 9.17) is 0 Å². The molecular formula is C15H21N3O3. The Balaban J connectivity index is 1.95. The zero-order valence-electron chi connectivity index (χ0n) is 12.5. The molecule has 1 amide bonds. The van der Waals surface area contributed by atoms with E-state index in [-0.39, 0.29) is 18.0 Å². The lowest BCUT2D eigenvalue weighted by Crippen LogP contribution is -2.55. The molecule has 0 aromatic heterocycles. The van der Waals surface area contributed by atoms with Gasteiger partial charge in [-0.2, -0.15) is 0 Å². The second kappa shape index (κ2) is 6.24. The predicted molar refractivity (Wildman–Crippen MR) is 78.1 cm³/mol. The number of esters is 1. The molecule has 21 heavy (non-hydrogen) atoms.